The Labute approximate surface area is 154 Å². The Hall–Kier alpha value is -1.66. The number of carbonyl (C=O) groups is 1. The van der Waals surface area contributed by atoms with Gasteiger partial charge in [-0.1, -0.05) is 0 Å². The molecule has 1 spiro atoms. The van der Waals surface area contributed by atoms with Crippen LogP contribution < -0.4 is 10.1 Å². The zero-order valence-corrected chi connectivity index (χ0v) is 15.9. The highest BCUT2D eigenvalue weighted by Gasteiger charge is 2.42. The Bertz CT molecular complexity index is 642. The van der Waals surface area contributed by atoms with Crippen molar-refractivity contribution in [2.24, 2.45) is 0 Å². The lowest BCUT2D eigenvalue weighted by molar-refractivity contribution is -0.0788. The molecule has 3 rings (SSSR count). The molecule has 0 aromatic heterocycles. The maximum absolute atomic E-state index is 13.7. The summed E-state index contributed by atoms with van der Waals surface area (Å²) in [5.74, 6) is -0.686. The van der Waals surface area contributed by atoms with E-state index in [4.69, 9.17) is 9.47 Å². The summed E-state index contributed by atoms with van der Waals surface area (Å²) in [6.45, 7) is 7.06. The summed E-state index contributed by atoms with van der Waals surface area (Å²) in [4.78, 5) is 14.7. The van der Waals surface area contributed by atoms with Crippen LogP contribution in [0.5, 0.6) is 5.75 Å². The van der Waals surface area contributed by atoms with E-state index in [2.05, 4.69) is 24.1 Å². The van der Waals surface area contributed by atoms with Crippen molar-refractivity contribution in [2.45, 2.75) is 57.3 Å². The maximum atomic E-state index is 13.7. The minimum absolute atomic E-state index is 0.0208. The summed E-state index contributed by atoms with van der Waals surface area (Å²) in [5.41, 5.74) is 0.272. The second-order valence-electron chi connectivity index (χ2n) is 7.65. The highest BCUT2D eigenvalue weighted by molar-refractivity contribution is 5.94. The molecule has 1 aromatic carbocycles. The van der Waals surface area contributed by atoms with E-state index in [9.17, 15) is 9.18 Å². The Balaban J connectivity index is 1.49. The fourth-order valence-electron chi connectivity index (χ4n) is 3.97. The number of hydrogen-bond donors (Lipinski definition) is 1. The number of hydrogen-bond acceptors (Lipinski definition) is 4. The minimum atomic E-state index is -0.534. The fraction of sp³-hybridized carbons (Fsp3) is 0.650. The molecule has 0 radical (unpaired) electrons. The molecule has 2 aliphatic heterocycles. The Morgan fingerprint density at radius 2 is 2.12 bits per heavy atom. The van der Waals surface area contributed by atoms with E-state index in [1.54, 1.807) is 6.07 Å². The first-order valence-corrected chi connectivity index (χ1v) is 9.46. The van der Waals surface area contributed by atoms with Crippen molar-refractivity contribution in [3.05, 3.63) is 29.6 Å². The zero-order valence-electron chi connectivity index (χ0n) is 15.9. The third-order valence-corrected chi connectivity index (χ3v) is 5.68. The van der Waals surface area contributed by atoms with Gasteiger partial charge in [0.15, 0.2) is 11.6 Å². The van der Waals surface area contributed by atoms with Gasteiger partial charge in [-0.05, 0) is 57.7 Å². The number of likely N-dealkylation sites (tertiary alicyclic amines) is 1. The third kappa shape index (κ3) is 4.18. The molecule has 1 unspecified atom stereocenters. The van der Waals surface area contributed by atoms with Crippen molar-refractivity contribution < 1.29 is 18.7 Å². The van der Waals surface area contributed by atoms with Gasteiger partial charge in [-0.25, -0.2) is 4.39 Å². The van der Waals surface area contributed by atoms with Gasteiger partial charge >= 0.3 is 0 Å². The van der Waals surface area contributed by atoms with Crippen LogP contribution in [0.3, 0.4) is 0 Å². The monoisotopic (exact) mass is 364 g/mol. The summed E-state index contributed by atoms with van der Waals surface area (Å²) < 4.78 is 25.0. The first-order valence-electron chi connectivity index (χ1n) is 9.46. The standard InChI is InChI=1S/C20H29FN2O3/c1-14(2)23-10-8-20(9-11-23)7-6-16(26-20)13-22-19(24)15-4-5-18(25-3)17(21)12-15/h4-5,12,14,16H,6-11,13H2,1-3H3,(H,22,24). The molecule has 144 valence electrons. The van der Waals surface area contributed by atoms with E-state index in [-0.39, 0.29) is 23.4 Å². The van der Waals surface area contributed by atoms with Gasteiger partial charge < -0.3 is 19.7 Å². The second-order valence-corrected chi connectivity index (χ2v) is 7.65. The van der Waals surface area contributed by atoms with Crippen molar-refractivity contribution in [1.29, 1.82) is 0 Å². The number of ether oxygens (including phenoxy) is 2. The van der Waals surface area contributed by atoms with Crippen LogP contribution in [-0.2, 0) is 4.74 Å². The molecular weight excluding hydrogens is 335 g/mol. The van der Waals surface area contributed by atoms with Crippen molar-refractivity contribution in [1.82, 2.24) is 10.2 Å². The predicted octanol–water partition coefficient (Wildman–Crippen LogP) is 2.99. The Kier molecular flexibility index (Phi) is 5.82. The molecule has 1 aromatic rings. The molecule has 0 aliphatic carbocycles. The molecule has 2 saturated heterocycles. The highest BCUT2D eigenvalue weighted by Crippen LogP contribution is 2.39. The molecule has 6 heteroatoms. The number of methoxy groups -OCH3 is 1. The number of nitrogens with one attached hydrogen (secondary N) is 1. The second kappa shape index (κ2) is 7.92. The predicted molar refractivity (Wildman–Crippen MR) is 98.1 cm³/mol. The van der Waals surface area contributed by atoms with Crippen LogP contribution in [0.15, 0.2) is 18.2 Å². The number of piperidine rings is 1. The number of nitrogens with zero attached hydrogens (tertiary/aromatic N) is 1. The zero-order chi connectivity index (χ0) is 18.7. The van der Waals surface area contributed by atoms with Crippen molar-refractivity contribution >= 4 is 5.91 Å². The molecule has 26 heavy (non-hydrogen) atoms. The van der Waals surface area contributed by atoms with Crippen LogP contribution in [-0.4, -0.2) is 55.3 Å². The summed E-state index contributed by atoms with van der Waals surface area (Å²) in [7, 11) is 1.40. The third-order valence-electron chi connectivity index (χ3n) is 5.68. The molecule has 2 heterocycles. The minimum Gasteiger partial charge on any atom is -0.494 e. The topological polar surface area (TPSA) is 50.8 Å². The maximum Gasteiger partial charge on any atom is 0.251 e. The molecule has 5 nitrogen and oxygen atoms in total. The van der Waals surface area contributed by atoms with Gasteiger partial charge in [0, 0.05) is 31.2 Å². The van der Waals surface area contributed by atoms with Crippen LogP contribution in [0.2, 0.25) is 0 Å². The molecule has 1 atom stereocenters. The first kappa shape index (κ1) is 19.1. The average molecular weight is 364 g/mol. The number of amides is 1. The number of benzene rings is 1. The van der Waals surface area contributed by atoms with Crippen molar-refractivity contribution in [2.75, 3.05) is 26.7 Å². The molecule has 1 amide bonds. The number of rotatable bonds is 5. The van der Waals surface area contributed by atoms with E-state index in [0.29, 0.717) is 18.2 Å². The van der Waals surface area contributed by atoms with Crippen LogP contribution >= 0.6 is 0 Å². The molecule has 2 fully saturated rings. The first-order chi connectivity index (χ1) is 12.4. The normalized spacial score (nSPS) is 22.7. The highest BCUT2D eigenvalue weighted by atomic mass is 19.1. The lowest BCUT2D eigenvalue weighted by atomic mass is 9.88. The largest absolute Gasteiger partial charge is 0.494 e. The van der Waals surface area contributed by atoms with Crippen LogP contribution in [0.1, 0.15) is 49.9 Å². The van der Waals surface area contributed by atoms with Crippen LogP contribution in [0, 0.1) is 5.82 Å². The Morgan fingerprint density at radius 3 is 2.73 bits per heavy atom. The van der Waals surface area contributed by atoms with Gasteiger partial charge in [0.2, 0.25) is 0 Å². The number of carbonyl (C=O) groups excluding carboxylic acids is 1. The van der Waals surface area contributed by atoms with Crippen molar-refractivity contribution in [3.8, 4) is 5.75 Å². The smallest absolute Gasteiger partial charge is 0.251 e. The molecule has 1 N–H and O–H groups in total. The molecular formula is C20H29FN2O3. The summed E-state index contributed by atoms with van der Waals surface area (Å²) in [5, 5.41) is 2.87. The van der Waals surface area contributed by atoms with Gasteiger partial charge in [-0.2, -0.15) is 0 Å². The van der Waals surface area contributed by atoms with Crippen molar-refractivity contribution in [3.63, 3.8) is 0 Å². The van der Waals surface area contributed by atoms with Gasteiger partial charge in [0.05, 0.1) is 18.8 Å². The van der Waals surface area contributed by atoms with Crippen LogP contribution in [0.4, 0.5) is 4.39 Å². The molecule has 2 aliphatic rings. The lowest BCUT2D eigenvalue weighted by Gasteiger charge is -2.40. The summed E-state index contributed by atoms with van der Waals surface area (Å²) in [6, 6.07) is 4.81. The summed E-state index contributed by atoms with van der Waals surface area (Å²) >= 11 is 0. The van der Waals surface area contributed by atoms with E-state index in [0.717, 1.165) is 38.8 Å². The fourth-order valence-corrected chi connectivity index (χ4v) is 3.97. The SMILES string of the molecule is COc1ccc(C(=O)NCC2CCC3(CCN(C(C)C)CC3)O2)cc1F. The van der Waals surface area contributed by atoms with E-state index < -0.39 is 5.82 Å². The average Bonchev–Trinajstić information content (AvgIpc) is 3.02. The Morgan fingerprint density at radius 1 is 1.38 bits per heavy atom. The van der Waals surface area contributed by atoms with Gasteiger partial charge in [0.1, 0.15) is 0 Å². The quantitative estimate of drug-likeness (QED) is 0.873. The van der Waals surface area contributed by atoms with Gasteiger partial charge in [-0.3, -0.25) is 4.79 Å². The molecule has 0 bridgehead atoms. The van der Waals surface area contributed by atoms with E-state index in [1.165, 1.54) is 19.2 Å². The van der Waals surface area contributed by atoms with E-state index >= 15 is 0 Å². The number of halogens is 1. The lowest BCUT2D eigenvalue weighted by Crippen LogP contribution is -2.47. The van der Waals surface area contributed by atoms with Crippen LogP contribution in [0.25, 0.3) is 0 Å². The van der Waals surface area contributed by atoms with Gasteiger partial charge in [0.25, 0.3) is 5.91 Å². The molecule has 0 saturated carbocycles. The van der Waals surface area contributed by atoms with E-state index in [1.807, 2.05) is 0 Å². The van der Waals surface area contributed by atoms with Gasteiger partial charge in [-0.15, -0.1) is 0 Å². The summed E-state index contributed by atoms with van der Waals surface area (Å²) in [6.07, 6.45) is 4.15.